The lowest BCUT2D eigenvalue weighted by atomic mass is 10.0. The van der Waals surface area contributed by atoms with Gasteiger partial charge in [0, 0.05) is 35.8 Å². The molecule has 3 aromatic rings. The summed E-state index contributed by atoms with van der Waals surface area (Å²) in [5, 5.41) is 6.42. The normalized spacial score (nSPS) is 17.7. The zero-order valence-electron chi connectivity index (χ0n) is 14.7. The predicted molar refractivity (Wildman–Crippen MR) is 108 cm³/mol. The van der Waals surface area contributed by atoms with Crippen LogP contribution in [0.25, 0.3) is 11.0 Å². The van der Waals surface area contributed by atoms with E-state index in [2.05, 4.69) is 22.8 Å². The number of carbonyl (C=O) groups excluding carboxylic acids is 1. The number of nitrogens with zero attached hydrogens (tertiary/aromatic N) is 1. The molecule has 1 fully saturated rings. The lowest BCUT2D eigenvalue weighted by molar-refractivity contribution is 0.0667. The van der Waals surface area contributed by atoms with Crippen molar-refractivity contribution in [2.24, 2.45) is 0 Å². The van der Waals surface area contributed by atoms with Gasteiger partial charge in [-0.05, 0) is 37.4 Å². The Morgan fingerprint density at radius 3 is 3.04 bits per heavy atom. The van der Waals surface area contributed by atoms with Crippen molar-refractivity contribution in [3.05, 3.63) is 53.1 Å². The molecule has 1 saturated heterocycles. The summed E-state index contributed by atoms with van der Waals surface area (Å²) in [5.74, 6) is 1.26. The highest BCUT2D eigenvalue weighted by Crippen LogP contribution is 2.34. The quantitative estimate of drug-likeness (QED) is 0.651. The van der Waals surface area contributed by atoms with Crippen molar-refractivity contribution in [2.45, 2.75) is 28.8 Å². The number of furan rings is 1. The summed E-state index contributed by atoms with van der Waals surface area (Å²) in [5.41, 5.74) is 1.80. The summed E-state index contributed by atoms with van der Waals surface area (Å²) in [4.78, 5) is 15.1. The third-order valence-electron chi connectivity index (χ3n) is 4.86. The molecule has 4 rings (SSSR count). The Kier molecular flexibility index (Phi) is 5.33. The van der Waals surface area contributed by atoms with Gasteiger partial charge in [0.1, 0.15) is 5.58 Å². The van der Waals surface area contributed by atoms with Gasteiger partial charge in [0.15, 0.2) is 5.76 Å². The Bertz CT molecular complexity index is 888. The first-order valence-electron chi connectivity index (χ1n) is 8.89. The van der Waals surface area contributed by atoms with E-state index in [1.54, 1.807) is 23.1 Å². The van der Waals surface area contributed by atoms with Gasteiger partial charge in [0.05, 0.1) is 4.21 Å². The fourth-order valence-corrected chi connectivity index (χ4v) is 5.26. The van der Waals surface area contributed by atoms with Gasteiger partial charge in [0.2, 0.25) is 0 Å². The van der Waals surface area contributed by atoms with Gasteiger partial charge in [-0.1, -0.05) is 24.3 Å². The highest BCUT2D eigenvalue weighted by molar-refractivity contribution is 8.00. The van der Waals surface area contributed by atoms with Crippen LogP contribution in [0.4, 0.5) is 0 Å². The number of carbonyl (C=O) groups is 1. The fourth-order valence-electron chi connectivity index (χ4n) is 3.44. The van der Waals surface area contributed by atoms with Crippen LogP contribution in [0.1, 0.15) is 29.0 Å². The Morgan fingerprint density at radius 2 is 2.23 bits per heavy atom. The van der Waals surface area contributed by atoms with E-state index in [-0.39, 0.29) is 5.91 Å². The van der Waals surface area contributed by atoms with E-state index >= 15 is 0 Å². The lowest BCUT2D eigenvalue weighted by Crippen LogP contribution is -2.47. The largest absolute Gasteiger partial charge is 0.451 e. The lowest BCUT2D eigenvalue weighted by Gasteiger charge is -2.32. The first-order valence-corrected chi connectivity index (χ1v) is 10.8. The number of benzene rings is 1. The van der Waals surface area contributed by atoms with E-state index in [0.29, 0.717) is 11.8 Å². The molecule has 0 radical (unpaired) electrons. The van der Waals surface area contributed by atoms with Gasteiger partial charge >= 0.3 is 0 Å². The summed E-state index contributed by atoms with van der Waals surface area (Å²) in [7, 11) is 1.96. The molecule has 26 heavy (non-hydrogen) atoms. The molecule has 136 valence electrons. The van der Waals surface area contributed by atoms with Crippen LogP contribution in [0.15, 0.2) is 50.4 Å². The number of para-hydroxylation sites is 1. The van der Waals surface area contributed by atoms with Gasteiger partial charge in [-0.25, -0.2) is 0 Å². The van der Waals surface area contributed by atoms with Crippen molar-refractivity contribution in [3.8, 4) is 0 Å². The molecule has 0 bridgehead atoms. The number of nitrogens with one attached hydrogen (secondary N) is 1. The maximum absolute atomic E-state index is 13.2. The Hall–Kier alpha value is -1.76. The topological polar surface area (TPSA) is 45.5 Å². The highest BCUT2D eigenvalue weighted by atomic mass is 32.2. The number of thiophene rings is 1. The number of rotatable bonds is 5. The van der Waals surface area contributed by atoms with Crippen LogP contribution in [-0.2, 0) is 5.75 Å². The SMILES string of the molecule is CNC1CCCN(C(=O)c2oc3ccccc3c2CSc2cccs2)C1. The first kappa shape index (κ1) is 17.6. The number of piperidine rings is 1. The Balaban J connectivity index is 1.64. The second-order valence-corrected chi connectivity index (χ2v) is 8.73. The Morgan fingerprint density at radius 1 is 1.35 bits per heavy atom. The molecule has 1 aliphatic rings. The maximum Gasteiger partial charge on any atom is 0.289 e. The standard InChI is InChI=1S/C20H22N2O2S2/c1-21-14-6-4-10-22(12-14)20(23)19-16(13-26-18-9-5-11-25-18)15-7-2-3-8-17(15)24-19/h2-3,5,7-9,11,14,21H,4,6,10,12-13H2,1H3. The first-order chi connectivity index (χ1) is 12.8. The van der Waals surface area contributed by atoms with Crippen molar-refractivity contribution in [1.29, 1.82) is 0 Å². The number of fused-ring (bicyclic) bond motifs is 1. The number of thioether (sulfide) groups is 1. The van der Waals surface area contributed by atoms with Crippen LogP contribution in [0, 0.1) is 0 Å². The van der Waals surface area contributed by atoms with Crippen LogP contribution in [0.3, 0.4) is 0 Å². The second kappa shape index (κ2) is 7.86. The van der Waals surface area contributed by atoms with Crippen molar-refractivity contribution in [1.82, 2.24) is 10.2 Å². The number of likely N-dealkylation sites (N-methyl/N-ethyl adjacent to an activating group) is 1. The molecule has 3 heterocycles. The zero-order valence-corrected chi connectivity index (χ0v) is 16.4. The van der Waals surface area contributed by atoms with Gasteiger partial charge in [0.25, 0.3) is 5.91 Å². The second-order valence-electron chi connectivity index (χ2n) is 6.51. The minimum atomic E-state index is 0.0166. The summed E-state index contributed by atoms with van der Waals surface area (Å²) >= 11 is 3.48. The molecule has 1 N–H and O–H groups in total. The smallest absolute Gasteiger partial charge is 0.289 e. The highest BCUT2D eigenvalue weighted by Gasteiger charge is 2.28. The van der Waals surface area contributed by atoms with E-state index in [1.807, 2.05) is 36.2 Å². The molecule has 0 spiro atoms. The number of hydrogen-bond acceptors (Lipinski definition) is 5. The molecule has 4 nitrogen and oxygen atoms in total. The summed E-state index contributed by atoms with van der Waals surface area (Å²) in [6.07, 6.45) is 2.14. The molecule has 0 saturated carbocycles. The minimum Gasteiger partial charge on any atom is -0.451 e. The van der Waals surface area contributed by atoms with E-state index < -0.39 is 0 Å². The molecule has 1 aliphatic heterocycles. The van der Waals surface area contributed by atoms with Crippen molar-refractivity contribution in [2.75, 3.05) is 20.1 Å². The molecule has 6 heteroatoms. The number of hydrogen-bond donors (Lipinski definition) is 1. The molecular formula is C20H22N2O2S2. The van der Waals surface area contributed by atoms with Crippen molar-refractivity contribution in [3.63, 3.8) is 0 Å². The van der Waals surface area contributed by atoms with Gasteiger partial charge in [-0.15, -0.1) is 23.1 Å². The molecule has 1 atom stereocenters. The van der Waals surface area contributed by atoms with Crippen molar-refractivity contribution >= 4 is 40.0 Å². The summed E-state index contributed by atoms with van der Waals surface area (Å²) in [6.45, 7) is 1.54. The third kappa shape index (κ3) is 3.54. The van der Waals surface area contributed by atoms with Crippen LogP contribution in [0.2, 0.25) is 0 Å². The summed E-state index contributed by atoms with van der Waals surface area (Å²) < 4.78 is 7.28. The molecule has 1 amide bonds. The zero-order chi connectivity index (χ0) is 17.9. The average Bonchev–Trinajstić information content (AvgIpc) is 3.33. The molecule has 0 aliphatic carbocycles. The van der Waals surface area contributed by atoms with E-state index in [1.165, 1.54) is 4.21 Å². The van der Waals surface area contributed by atoms with Gasteiger partial charge in [-0.2, -0.15) is 0 Å². The third-order valence-corrected chi connectivity index (χ3v) is 7.02. The van der Waals surface area contributed by atoms with Crippen LogP contribution in [0.5, 0.6) is 0 Å². The maximum atomic E-state index is 13.2. The molecular weight excluding hydrogens is 364 g/mol. The van der Waals surface area contributed by atoms with E-state index in [0.717, 1.165) is 48.2 Å². The Labute approximate surface area is 161 Å². The fraction of sp³-hybridized carbons (Fsp3) is 0.350. The van der Waals surface area contributed by atoms with Crippen LogP contribution in [-0.4, -0.2) is 37.0 Å². The monoisotopic (exact) mass is 386 g/mol. The number of amides is 1. The van der Waals surface area contributed by atoms with E-state index in [9.17, 15) is 4.79 Å². The molecule has 1 aromatic carbocycles. The van der Waals surface area contributed by atoms with Crippen molar-refractivity contribution < 1.29 is 9.21 Å². The average molecular weight is 387 g/mol. The van der Waals surface area contributed by atoms with Crippen LogP contribution < -0.4 is 5.32 Å². The van der Waals surface area contributed by atoms with E-state index in [4.69, 9.17) is 4.42 Å². The van der Waals surface area contributed by atoms with Gasteiger partial charge in [-0.3, -0.25) is 4.79 Å². The minimum absolute atomic E-state index is 0.0166. The predicted octanol–water partition coefficient (Wildman–Crippen LogP) is 4.61. The number of likely N-dealkylation sites (tertiary alicyclic amines) is 1. The molecule has 1 unspecified atom stereocenters. The summed E-state index contributed by atoms with van der Waals surface area (Å²) in [6, 6.07) is 12.5. The van der Waals surface area contributed by atoms with Gasteiger partial charge < -0.3 is 14.6 Å². The van der Waals surface area contributed by atoms with Crippen LogP contribution >= 0.6 is 23.1 Å². The molecule has 2 aromatic heterocycles.